The molecule has 0 spiro atoms. The molecule has 0 saturated carbocycles. The first-order valence-corrected chi connectivity index (χ1v) is 10.9. The number of hydrogen-bond donors (Lipinski definition) is 1. The molecule has 0 atom stereocenters. The van der Waals surface area contributed by atoms with Crippen molar-refractivity contribution in [1.82, 2.24) is 5.43 Å². The van der Waals surface area contributed by atoms with Crippen LogP contribution in [0.2, 0.25) is 0 Å². The quantitative estimate of drug-likeness (QED) is 0.171. The topological polar surface area (TPSA) is 202 Å². The van der Waals surface area contributed by atoms with Crippen LogP contribution in [0.3, 0.4) is 0 Å². The minimum Gasteiger partial charge on any atom is -0.493 e. The summed E-state index contributed by atoms with van der Waals surface area (Å²) in [6.45, 7) is -0.126. The second-order valence-corrected chi connectivity index (χ2v) is 7.83. The highest BCUT2D eigenvalue weighted by Gasteiger charge is 2.22. The Labute approximate surface area is 217 Å². The molecule has 0 aliphatic rings. The zero-order valence-corrected chi connectivity index (χ0v) is 19.9. The normalized spacial score (nSPS) is 10.9. The van der Waals surface area contributed by atoms with Crippen molar-refractivity contribution in [2.24, 2.45) is 5.10 Å². The van der Waals surface area contributed by atoms with Crippen LogP contribution in [0.15, 0.2) is 70.2 Å². The number of rotatable bonds is 10. The number of furan rings is 1. The van der Waals surface area contributed by atoms with Crippen molar-refractivity contribution in [3.63, 3.8) is 0 Å². The van der Waals surface area contributed by atoms with Crippen molar-refractivity contribution in [3.8, 4) is 11.5 Å². The molecule has 4 aromatic rings. The summed E-state index contributed by atoms with van der Waals surface area (Å²) >= 11 is 0. The highest BCUT2D eigenvalue weighted by atomic mass is 16.6. The average molecular weight is 535 g/mol. The molecule has 39 heavy (non-hydrogen) atoms. The van der Waals surface area contributed by atoms with Crippen LogP contribution in [0.5, 0.6) is 11.5 Å². The second kappa shape index (κ2) is 11.0. The first-order valence-electron chi connectivity index (χ1n) is 10.9. The van der Waals surface area contributed by atoms with Gasteiger partial charge in [-0.2, -0.15) is 5.10 Å². The summed E-state index contributed by atoms with van der Waals surface area (Å²) in [6.07, 6.45) is 1.14. The lowest BCUT2D eigenvalue weighted by molar-refractivity contribution is -0.386. The lowest BCUT2D eigenvalue weighted by Gasteiger charge is -2.12. The Morgan fingerprint density at radius 3 is 2.28 bits per heavy atom. The van der Waals surface area contributed by atoms with Crippen molar-refractivity contribution < 1.29 is 33.5 Å². The van der Waals surface area contributed by atoms with Crippen LogP contribution in [-0.4, -0.2) is 34.0 Å². The van der Waals surface area contributed by atoms with Crippen molar-refractivity contribution in [2.45, 2.75) is 6.61 Å². The van der Waals surface area contributed by atoms with E-state index >= 15 is 0 Å². The number of nitrogens with one attached hydrogen (secondary N) is 1. The lowest BCUT2D eigenvalue weighted by Crippen LogP contribution is -2.16. The molecule has 0 saturated heterocycles. The summed E-state index contributed by atoms with van der Waals surface area (Å²) in [7, 11) is 1.28. The predicted octanol–water partition coefficient (Wildman–Crippen LogP) is 4.51. The van der Waals surface area contributed by atoms with E-state index in [1.807, 2.05) is 0 Å². The molecule has 4 rings (SSSR count). The predicted molar refractivity (Wildman–Crippen MR) is 135 cm³/mol. The van der Waals surface area contributed by atoms with E-state index in [0.29, 0.717) is 10.9 Å². The van der Waals surface area contributed by atoms with Crippen LogP contribution in [-0.2, 0) is 6.61 Å². The third kappa shape index (κ3) is 5.93. The molecule has 1 amide bonds. The fourth-order valence-electron chi connectivity index (χ4n) is 3.46. The van der Waals surface area contributed by atoms with Crippen LogP contribution in [0.4, 0.5) is 17.1 Å². The number of fused-ring (bicyclic) bond motifs is 1. The number of nitrogens with zero attached hydrogens (tertiary/aromatic N) is 4. The van der Waals surface area contributed by atoms with Crippen molar-refractivity contribution in [2.75, 3.05) is 7.11 Å². The minimum atomic E-state index is -0.755. The van der Waals surface area contributed by atoms with E-state index in [0.717, 1.165) is 12.3 Å². The molecule has 15 nitrogen and oxygen atoms in total. The number of hydrogen-bond acceptors (Lipinski definition) is 11. The van der Waals surface area contributed by atoms with E-state index in [9.17, 15) is 35.1 Å². The average Bonchev–Trinajstić information content (AvgIpc) is 3.35. The van der Waals surface area contributed by atoms with E-state index in [-0.39, 0.29) is 46.4 Å². The molecule has 0 unspecified atom stereocenters. The number of nitro groups is 3. The summed E-state index contributed by atoms with van der Waals surface area (Å²) in [5.74, 6) is -1.06. The van der Waals surface area contributed by atoms with Crippen molar-refractivity contribution in [1.29, 1.82) is 0 Å². The second-order valence-electron chi connectivity index (χ2n) is 7.83. The number of benzene rings is 3. The zero-order valence-electron chi connectivity index (χ0n) is 19.9. The summed E-state index contributed by atoms with van der Waals surface area (Å²) < 4.78 is 16.2. The summed E-state index contributed by atoms with van der Waals surface area (Å²) in [4.78, 5) is 44.1. The van der Waals surface area contributed by atoms with Gasteiger partial charge >= 0.3 is 11.6 Å². The molecular formula is C24H17N5O10. The third-order valence-electron chi connectivity index (χ3n) is 5.32. The van der Waals surface area contributed by atoms with Crippen LogP contribution in [0, 0.1) is 30.3 Å². The Hall–Kier alpha value is -5.86. The fraction of sp³-hybridized carbons (Fsp3) is 0.0833. The molecule has 1 aromatic heterocycles. The maximum Gasteiger partial charge on any atom is 0.315 e. The van der Waals surface area contributed by atoms with Gasteiger partial charge in [0.05, 0.1) is 28.1 Å². The first-order chi connectivity index (χ1) is 18.7. The van der Waals surface area contributed by atoms with Gasteiger partial charge in [0.15, 0.2) is 11.5 Å². The number of methoxy groups -OCH3 is 1. The molecule has 1 N–H and O–H groups in total. The zero-order chi connectivity index (χ0) is 28.1. The van der Waals surface area contributed by atoms with Gasteiger partial charge in [0, 0.05) is 41.3 Å². The summed E-state index contributed by atoms with van der Waals surface area (Å²) in [6, 6.07) is 13.2. The Bertz CT molecular complexity index is 1630. The van der Waals surface area contributed by atoms with Gasteiger partial charge in [-0.05, 0) is 35.9 Å². The smallest absolute Gasteiger partial charge is 0.315 e. The molecular weight excluding hydrogens is 518 g/mol. The number of ether oxygens (including phenoxy) is 2. The van der Waals surface area contributed by atoms with Gasteiger partial charge in [-0.25, -0.2) is 5.43 Å². The van der Waals surface area contributed by atoms with Gasteiger partial charge in [-0.1, -0.05) is 0 Å². The van der Waals surface area contributed by atoms with Gasteiger partial charge in [0.1, 0.15) is 12.2 Å². The maximum absolute atomic E-state index is 12.4. The SMILES string of the molecule is COc1cc(/C=N/NC(=O)c2cc3cc([N+](=O)[O-])ccc3o2)cc([N+](=O)[O-])c1OCc1ccc([N+](=O)[O-])cc1. The van der Waals surface area contributed by atoms with Gasteiger partial charge in [-0.15, -0.1) is 0 Å². The number of carbonyl (C=O) groups excluding carboxylic acids is 1. The molecule has 3 aromatic carbocycles. The molecule has 15 heteroatoms. The molecule has 0 fully saturated rings. The van der Waals surface area contributed by atoms with E-state index in [1.54, 1.807) is 0 Å². The van der Waals surface area contributed by atoms with Crippen molar-refractivity contribution >= 4 is 40.2 Å². The highest BCUT2D eigenvalue weighted by molar-refractivity contribution is 5.97. The Morgan fingerprint density at radius 2 is 1.64 bits per heavy atom. The van der Waals surface area contributed by atoms with Gasteiger partial charge in [0.25, 0.3) is 11.4 Å². The van der Waals surface area contributed by atoms with E-state index in [2.05, 4.69) is 10.5 Å². The Balaban J connectivity index is 1.50. The molecule has 0 aliphatic carbocycles. The molecule has 0 bridgehead atoms. The molecule has 0 radical (unpaired) electrons. The molecule has 0 aliphatic heterocycles. The van der Waals surface area contributed by atoms with Crippen LogP contribution >= 0.6 is 0 Å². The molecule has 1 heterocycles. The lowest BCUT2D eigenvalue weighted by atomic mass is 10.1. The number of hydrazone groups is 1. The Kier molecular flexibility index (Phi) is 7.42. The van der Waals surface area contributed by atoms with Gasteiger partial charge in [-0.3, -0.25) is 35.1 Å². The standard InChI is InChI=1S/C24H17N5O10/c1-37-21-9-15(8-19(29(35)36)23(21)38-13-14-2-4-17(5-3-14)27(31)32)12-25-26-24(30)22-11-16-10-18(28(33)34)6-7-20(16)39-22/h2-12H,13H2,1H3,(H,26,30)/b25-12+. The number of nitro benzene ring substituents is 3. The fourth-order valence-corrected chi connectivity index (χ4v) is 3.46. The van der Waals surface area contributed by atoms with Crippen molar-refractivity contribution in [3.05, 3.63) is 108 Å². The number of carbonyl (C=O) groups is 1. The first kappa shape index (κ1) is 26.2. The minimum absolute atomic E-state index is 0.0118. The monoisotopic (exact) mass is 535 g/mol. The van der Waals surface area contributed by atoms with Crippen LogP contribution < -0.4 is 14.9 Å². The van der Waals surface area contributed by atoms with Gasteiger partial charge in [0.2, 0.25) is 5.75 Å². The highest BCUT2D eigenvalue weighted by Crippen LogP contribution is 2.38. The third-order valence-corrected chi connectivity index (χ3v) is 5.32. The maximum atomic E-state index is 12.4. The van der Waals surface area contributed by atoms with Crippen LogP contribution in [0.1, 0.15) is 21.7 Å². The van der Waals surface area contributed by atoms with E-state index < -0.39 is 26.4 Å². The van der Waals surface area contributed by atoms with E-state index in [4.69, 9.17) is 13.9 Å². The van der Waals surface area contributed by atoms with Gasteiger partial charge < -0.3 is 13.9 Å². The van der Waals surface area contributed by atoms with E-state index in [1.165, 1.54) is 61.7 Å². The molecule has 198 valence electrons. The number of amides is 1. The largest absolute Gasteiger partial charge is 0.493 e. The summed E-state index contributed by atoms with van der Waals surface area (Å²) in [5.41, 5.74) is 2.50. The number of non-ortho nitro benzene ring substituents is 2. The Morgan fingerprint density at radius 1 is 0.949 bits per heavy atom. The van der Waals surface area contributed by atoms with Crippen LogP contribution in [0.25, 0.3) is 11.0 Å². The summed E-state index contributed by atoms with van der Waals surface area (Å²) in [5, 5.41) is 37.6.